The Morgan fingerprint density at radius 3 is 2.84 bits per heavy atom. The molecule has 0 radical (unpaired) electrons. The Morgan fingerprint density at radius 1 is 1.24 bits per heavy atom. The minimum Gasteiger partial charge on any atom is -0.361 e. The first-order valence-electron chi connectivity index (χ1n) is 7.97. The first kappa shape index (κ1) is 17.0. The van der Waals surface area contributed by atoms with Crippen LogP contribution in [0.3, 0.4) is 0 Å². The Kier molecular flexibility index (Phi) is 5.30. The predicted octanol–water partition coefficient (Wildman–Crippen LogP) is 2.87. The van der Waals surface area contributed by atoms with Crippen LogP contribution in [0.5, 0.6) is 0 Å². The fraction of sp³-hybridized carbons (Fsp3) is 0.158. The van der Waals surface area contributed by atoms with Crippen LogP contribution < -0.4 is 10.6 Å². The number of H-pyrrole nitrogens is 1. The summed E-state index contributed by atoms with van der Waals surface area (Å²) in [6, 6.07) is 10.8. The van der Waals surface area contributed by atoms with Gasteiger partial charge in [0, 0.05) is 30.1 Å². The number of aromatic nitrogens is 1. The average Bonchev–Trinajstić information content (AvgIpc) is 3.29. The second kappa shape index (κ2) is 7.81. The molecule has 128 valence electrons. The maximum Gasteiger partial charge on any atom is 0.262 e. The lowest BCUT2D eigenvalue weighted by Crippen LogP contribution is -2.47. The molecule has 0 aliphatic heterocycles. The van der Waals surface area contributed by atoms with Crippen LogP contribution in [-0.4, -0.2) is 29.4 Å². The topological polar surface area (TPSA) is 74.0 Å². The van der Waals surface area contributed by atoms with Gasteiger partial charge in [0.2, 0.25) is 5.91 Å². The van der Waals surface area contributed by atoms with Crippen molar-refractivity contribution in [2.24, 2.45) is 0 Å². The molecule has 2 amide bonds. The van der Waals surface area contributed by atoms with E-state index in [-0.39, 0.29) is 11.8 Å². The molecule has 2 aromatic heterocycles. The van der Waals surface area contributed by atoms with Gasteiger partial charge in [0.05, 0.1) is 4.88 Å². The molecule has 0 bridgehead atoms. The van der Waals surface area contributed by atoms with Crippen molar-refractivity contribution in [2.75, 3.05) is 6.54 Å². The van der Waals surface area contributed by atoms with E-state index in [0.717, 1.165) is 16.5 Å². The van der Waals surface area contributed by atoms with Crippen LogP contribution >= 0.6 is 11.3 Å². The maximum absolute atomic E-state index is 12.5. The van der Waals surface area contributed by atoms with E-state index < -0.39 is 6.04 Å². The molecule has 0 aliphatic rings. The first-order valence-corrected chi connectivity index (χ1v) is 8.85. The lowest BCUT2D eigenvalue weighted by atomic mass is 10.0. The van der Waals surface area contributed by atoms with Gasteiger partial charge in [0.25, 0.3) is 5.91 Å². The minimum atomic E-state index is -0.659. The highest BCUT2D eigenvalue weighted by molar-refractivity contribution is 7.12. The van der Waals surface area contributed by atoms with Gasteiger partial charge in [-0.15, -0.1) is 17.9 Å². The fourth-order valence-electron chi connectivity index (χ4n) is 2.66. The number of aromatic amines is 1. The highest BCUT2D eigenvalue weighted by Crippen LogP contribution is 2.19. The molecule has 2 heterocycles. The molecular weight excluding hydrogens is 334 g/mol. The second-order valence-electron chi connectivity index (χ2n) is 5.60. The number of carbonyl (C=O) groups excluding carboxylic acids is 2. The van der Waals surface area contributed by atoms with E-state index in [1.165, 1.54) is 11.3 Å². The number of nitrogens with one attached hydrogen (secondary N) is 3. The molecule has 0 fully saturated rings. The molecule has 3 aromatic rings. The van der Waals surface area contributed by atoms with Gasteiger partial charge in [0.15, 0.2) is 0 Å². The summed E-state index contributed by atoms with van der Waals surface area (Å²) < 4.78 is 0. The van der Waals surface area contributed by atoms with Crippen molar-refractivity contribution < 1.29 is 9.59 Å². The van der Waals surface area contributed by atoms with Crippen LogP contribution in [0.25, 0.3) is 10.9 Å². The van der Waals surface area contributed by atoms with Gasteiger partial charge in [-0.1, -0.05) is 30.3 Å². The summed E-state index contributed by atoms with van der Waals surface area (Å²) >= 11 is 1.35. The summed E-state index contributed by atoms with van der Waals surface area (Å²) in [6.45, 7) is 3.96. The third kappa shape index (κ3) is 3.97. The Balaban J connectivity index is 1.81. The number of hydrogen-bond acceptors (Lipinski definition) is 3. The molecule has 0 aliphatic carbocycles. The number of thiophene rings is 1. The quantitative estimate of drug-likeness (QED) is 0.572. The Labute approximate surface area is 149 Å². The van der Waals surface area contributed by atoms with E-state index in [1.807, 2.05) is 41.9 Å². The van der Waals surface area contributed by atoms with Crippen LogP contribution in [0, 0.1) is 0 Å². The number of hydrogen-bond donors (Lipinski definition) is 3. The van der Waals surface area contributed by atoms with E-state index in [9.17, 15) is 9.59 Å². The smallest absolute Gasteiger partial charge is 0.262 e. The van der Waals surface area contributed by atoms with E-state index in [1.54, 1.807) is 12.1 Å². The van der Waals surface area contributed by atoms with Crippen LogP contribution in [0.4, 0.5) is 0 Å². The van der Waals surface area contributed by atoms with E-state index in [0.29, 0.717) is 17.8 Å². The fourth-order valence-corrected chi connectivity index (χ4v) is 3.29. The number of rotatable bonds is 7. The number of carbonyl (C=O) groups is 2. The molecular formula is C19H19N3O2S. The largest absolute Gasteiger partial charge is 0.361 e. The lowest BCUT2D eigenvalue weighted by molar-refractivity contribution is -0.122. The number of amides is 2. The molecule has 0 unspecified atom stereocenters. The van der Waals surface area contributed by atoms with Gasteiger partial charge < -0.3 is 15.6 Å². The second-order valence-corrected chi connectivity index (χ2v) is 6.55. The summed E-state index contributed by atoms with van der Waals surface area (Å²) in [5, 5.41) is 8.49. The normalized spacial score (nSPS) is 11.8. The molecule has 1 aromatic carbocycles. The molecule has 0 saturated carbocycles. The maximum atomic E-state index is 12.5. The standard InChI is InChI=1S/C19H19N3O2S/c1-2-9-20-18(23)16(22-19(24)17-8-5-10-25-17)11-13-12-21-15-7-4-3-6-14(13)15/h2-8,10,12,16,21H,1,9,11H2,(H,20,23)(H,22,24)/t16-/m0/s1. The van der Waals surface area contributed by atoms with Gasteiger partial charge >= 0.3 is 0 Å². The SMILES string of the molecule is C=CCNC(=O)[C@H](Cc1c[nH]c2ccccc12)NC(=O)c1cccs1. The Hall–Kier alpha value is -2.86. The number of para-hydroxylation sites is 1. The summed E-state index contributed by atoms with van der Waals surface area (Å²) in [5.41, 5.74) is 1.99. The van der Waals surface area contributed by atoms with E-state index in [4.69, 9.17) is 0 Å². The monoisotopic (exact) mass is 353 g/mol. The zero-order chi connectivity index (χ0) is 17.6. The third-order valence-electron chi connectivity index (χ3n) is 3.89. The Bertz CT molecular complexity index is 883. The van der Waals surface area contributed by atoms with Gasteiger partial charge in [-0.3, -0.25) is 9.59 Å². The Morgan fingerprint density at radius 2 is 2.08 bits per heavy atom. The summed E-state index contributed by atoms with van der Waals surface area (Å²) in [5.74, 6) is -0.469. The van der Waals surface area contributed by atoms with E-state index in [2.05, 4.69) is 22.2 Å². The van der Waals surface area contributed by atoms with Crippen molar-refractivity contribution in [3.05, 3.63) is 71.1 Å². The molecule has 0 spiro atoms. The minimum absolute atomic E-state index is 0.227. The lowest BCUT2D eigenvalue weighted by Gasteiger charge is -2.17. The van der Waals surface area contributed by atoms with Gasteiger partial charge in [-0.05, 0) is 23.1 Å². The highest BCUT2D eigenvalue weighted by atomic mass is 32.1. The van der Waals surface area contributed by atoms with E-state index >= 15 is 0 Å². The van der Waals surface area contributed by atoms with Crippen molar-refractivity contribution >= 4 is 34.1 Å². The van der Waals surface area contributed by atoms with Crippen molar-refractivity contribution in [1.29, 1.82) is 0 Å². The number of benzene rings is 1. The molecule has 1 atom stereocenters. The summed E-state index contributed by atoms with van der Waals surface area (Å²) in [6.07, 6.45) is 3.90. The average molecular weight is 353 g/mol. The molecule has 3 rings (SSSR count). The van der Waals surface area contributed by atoms with Gasteiger partial charge in [0.1, 0.15) is 6.04 Å². The van der Waals surface area contributed by atoms with Crippen LogP contribution in [0.2, 0.25) is 0 Å². The first-order chi connectivity index (χ1) is 12.2. The van der Waals surface area contributed by atoms with Crippen molar-refractivity contribution in [3.63, 3.8) is 0 Å². The van der Waals surface area contributed by atoms with Crippen LogP contribution in [0.15, 0.2) is 60.6 Å². The van der Waals surface area contributed by atoms with Gasteiger partial charge in [-0.25, -0.2) is 0 Å². The summed E-state index contributed by atoms with van der Waals surface area (Å²) in [4.78, 5) is 28.6. The van der Waals surface area contributed by atoms with Gasteiger partial charge in [-0.2, -0.15) is 0 Å². The number of fused-ring (bicyclic) bond motifs is 1. The highest BCUT2D eigenvalue weighted by Gasteiger charge is 2.23. The summed E-state index contributed by atoms with van der Waals surface area (Å²) in [7, 11) is 0. The predicted molar refractivity (Wildman–Crippen MR) is 101 cm³/mol. The van der Waals surface area contributed by atoms with Crippen molar-refractivity contribution in [1.82, 2.24) is 15.6 Å². The molecule has 6 heteroatoms. The zero-order valence-electron chi connectivity index (χ0n) is 13.6. The molecule has 3 N–H and O–H groups in total. The third-order valence-corrected chi connectivity index (χ3v) is 4.75. The van der Waals surface area contributed by atoms with Crippen molar-refractivity contribution in [3.8, 4) is 0 Å². The molecule has 25 heavy (non-hydrogen) atoms. The van der Waals surface area contributed by atoms with Crippen molar-refractivity contribution in [2.45, 2.75) is 12.5 Å². The molecule has 5 nitrogen and oxygen atoms in total. The van der Waals surface area contributed by atoms with Crippen LogP contribution in [-0.2, 0) is 11.2 Å². The molecule has 0 saturated heterocycles. The van der Waals surface area contributed by atoms with Crippen LogP contribution in [0.1, 0.15) is 15.2 Å². The zero-order valence-corrected chi connectivity index (χ0v) is 14.4.